The zero-order valence-electron chi connectivity index (χ0n) is 20.5. The van der Waals surface area contributed by atoms with Crippen molar-refractivity contribution >= 4 is 43.5 Å². The molecule has 5 rings (SSSR count). The minimum absolute atomic E-state index is 0.00323. The molecule has 2 fully saturated rings. The second-order valence-corrected chi connectivity index (χ2v) is 14.7. The maximum absolute atomic E-state index is 12.4. The standard InChI is InChI=1S/C22H28ClN5O8P2/c1-22(2)35-16-14(8-9-37(29,30)12-38(31,32)33)34-20(17(16)36-22)28-11-25-15-18(26-21(23)27-19(15)28)24-10-13-6-4-3-5-7-13/h3-7,11,14,16-17,20H,8-10,12H2,1-2H3,(H,29,30)(H,24,26,27)(H2,31,32,33)/t14-,16?,17+,20-/m1/s1. The van der Waals surface area contributed by atoms with Crippen molar-refractivity contribution in [1.82, 2.24) is 19.5 Å². The highest BCUT2D eigenvalue weighted by atomic mass is 35.5. The van der Waals surface area contributed by atoms with E-state index in [4.69, 9.17) is 35.6 Å². The van der Waals surface area contributed by atoms with Crippen LogP contribution in [0.4, 0.5) is 5.82 Å². The lowest BCUT2D eigenvalue weighted by molar-refractivity contribution is -0.196. The molecular weight excluding hydrogens is 560 g/mol. The van der Waals surface area contributed by atoms with E-state index < -0.39 is 51.2 Å². The minimum atomic E-state index is -4.66. The normalized spacial score (nSPS) is 26.4. The Morgan fingerprint density at radius 2 is 1.82 bits per heavy atom. The van der Waals surface area contributed by atoms with Crippen molar-refractivity contribution in [2.24, 2.45) is 0 Å². The number of nitrogens with zero attached hydrogens (tertiary/aromatic N) is 4. The molecule has 2 aromatic heterocycles. The zero-order valence-corrected chi connectivity index (χ0v) is 23.1. The monoisotopic (exact) mass is 587 g/mol. The maximum atomic E-state index is 12.4. The summed E-state index contributed by atoms with van der Waals surface area (Å²) in [7, 11) is -8.77. The van der Waals surface area contributed by atoms with Crippen LogP contribution < -0.4 is 5.32 Å². The number of nitrogens with one attached hydrogen (secondary N) is 1. The van der Waals surface area contributed by atoms with Gasteiger partial charge >= 0.3 is 7.60 Å². The first-order valence-electron chi connectivity index (χ1n) is 11.8. The Morgan fingerprint density at radius 3 is 2.53 bits per heavy atom. The van der Waals surface area contributed by atoms with Crippen molar-refractivity contribution in [1.29, 1.82) is 0 Å². The topological polar surface area (TPSA) is 178 Å². The van der Waals surface area contributed by atoms with Gasteiger partial charge < -0.3 is 34.2 Å². The molecule has 0 amide bonds. The third kappa shape index (κ3) is 6.12. The number of halogens is 1. The van der Waals surface area contributed by atoms with E-state index in [1.807, 2.05) is 30.3 Å². The molecule has 0 spiro atoms. The van der Waals surface area contributed by atoms with Crippen LogP contribution in [0, 0.1) is 0 Å². The first-order valence-corrected chi connectivity index (χ1v) is 16.1. The van der Waals surface area contributed by atoms with Crippen molar-refractivity contribution in [2.75, 3.05) is 17.4 Å². The second kappa shape index (κ2) is 10.2. The molecule has 206 valence electrons. The van der Waals surface area contributed by atoms with Crippen molar-refractivity contribution in [3.63, 3.8) is 0 Å². The lowest BCUT2D eigenvalue weighted by atomic mass is 10.1. The van der Waals surface area contributed by atoms with Crippen LogP contribution in [0.5, 0.6) is 0 Å². The average molecular weight is 588 g/mol. The van der Waals surface area contributed by atoms with Crippen LogP contribution in [0.2, 0.25) is 5.28 Å². The fourth-order valence-electron chi connectivity index (χ4n) is 4.78. The van der Waals surface area contributed by atoms with Gasteiger partial charge in [0, 0.05) is 12.7 Å². The number of ether oxygens (including phenoxy) is 3. The number of fused-ring (bicyclic) bond motifs is 2. The van der Waals surface area contributed by atoms with E-state index >= 15 is 0 Å². The molecule has 3 aromatic rings. The molecular formula is C22H28ClN5O8P2. The van der Waals surface area contributed by atoms with Gasteiger partial charge in [0.15, 0.2) is 29.0 Å². The molecule has 0 radical (unpaired) electrons. The van der Waals surface area contributed by atoms with Gasteiger partial charge in [0.2, 0.25) is 12.7 Å². The van der Waals surface area contributed by atoms with Gasteiger partial charge in [-0.25, -0.2) is 4.98 Å². The summed E-state index contributed by atoms with van der Waals surface area (Å²) < 4.78 is 43.7. The van der Waals surface area contributed by atoms with E-state index in [0.717, 1.165) is 5.56 Å². The molecule has 38 heavy (non-hydrogen) atoms. The van der Waals surface area contributed by atoms with Crippen LogP contribution in [0.1, 0.15) is 32.1 Å². The molecule has 0 bridgehead atoms. The van der Waals surface area contributed by atoms with Crippen LogP contribution >= 0.6 is 26.6 Å². The van der Waals surface area contributed by atoms with Gasteiger partial charge in [0.25, 0.3) is 0 Å². The second-order valence-electron chi connectivity index (χ2n) is 9.80. The molecule has 2 saturated heterocycles. The molecule has 1 aromatic carbocycles. The zero-order chi connectivity index (χ0) is 27.3. The number of hydrogen-bond acceptors (Lipinski definition) is 9. The Morgan fingerprint density at radius 1 is 1.11 bits per heavy atom. The van der Waals surface area contributed by atoms with Crippen LogP contribution in [0.15, 0.2) is 36.7 Å². The molecule has 4 heterocycles. The fraction of sp³-hybridized carbons (Fsp3) is 0.500. The highest BCUT2D eigenvalue weighted by Gasteiger charge is 2.56. The Hall–Kier alpha value is -1.92. The van der Waals surface area contributed by atoms with Crippen LogP contribution in [0.25, 0.3) is 11.2 Å². The van der Waals surface area contributed by atoms with Gasteiger partial charge in [-0.3, -0.25) is 13.7 Å². The Bertz CT molecular complexity index is 1420. The average Bonchev–Trinajstić information content (AvgIpc) is 3.46. The van der Waals surface area contributed by atoms with Gasteiger partial charge in [-0.15, -0.1) is 0 Å². The molecule has 4 N–H and O–H groups in total. The molecule has 16 heteroatoms. The number of rotatable bonds is 9. The predicted molar refractivity (Wildman–Crippen MR) is 138 cm³/mol. The number of imidazole rings is 1. The lowest BCUT2D eigenvalue weighted by Crippen LogP contribution is -2.30. The third-order valence-electron chi connectivity index (χ3n) is 6.26. The van der Waals surface area contributed by atoms with Crippen LogP contribution in [0.3, 0.4) is 0 Å². The van der Waals surface area contributed by atoms with Gasteiger partial charge in [-0.1, -0.05) is 30.3 Å². The van der Waals surface area contributed by atoms with E-state index in [0.29, 0.717) is 23.5 Å². The van der Waals surface area contributed by atoms with Crippen molar-refractivity contribution in [2.45, 2.75) is 57.1 Å². The molecule has 2 aliphatic heterocycles. The summed E-state index contributed by atoms with van der Waals surface area (Å²) in [6, 6.07) is 9.75. The molecule has 5 atom stereocenters. The van der Waals surface area contributed by atoms with Gasteiger partial charge in [-0.2, -0.15) is 9.97 Å². The third-order valence-corrected chi connectivity index (χ3v) is 10.6. The SMILES string of the molecule is CC1(C)OC2[C@@H](CCP(=O)(O)CP(=O)(O)O)O[C@@H](n3cnc4c(NCc5ccccc5)nc(Cl)nc43)[C@H]2O1. The molecule has 2 unspecified atom stereocenters. The maximum Gasteiger partial charge on any atom is 0.335 e. The number of benzene rings is 1. The smallest absolute Gasteiger partial charge is 0.335 e. The summed E-state index contributed by atoms with van der Waals surface area (Å²) in [4.78, 5) is 41.6. The van der Waals surface area contributed by atoms with E-state index in [1.165, 1.54) is 6.33 Å². The number of hydrogen-bond donors (Lipinski definition) is 4. The van der Waals surface area contributed by atoms with Crippen molar-refractivity contribution < 1.29 is 38.0 Å². The fourth-order valence-corrected chi connectivity index (χ4v) is 8.48. The van der Waals surface area contributed by atoms with E-state index in [2.05, 4.69) is 20.3 Å². The Kier molecular flexibility index (Phi) is 7.45. The van der Waals surface area contributed by atoms with Crippen molar-refractivity contribution in [3.8, 4) is 0 Å². The highest BCUT2D eigenvalue weighted by Crippen LogP contribution is 2.56. The number of anilines is 1. The van der Waals surface area contributed by atoms with Crippen molar-refractivity contribution in [3.05, 3.63) is 47.5 Å². The van der Waals surface area contributed by atoms with Gasteiger partial charge in [-0.05, 0) is 37.4 Å². The Labute approximate surface area is 223 Å². The van der Waals surface area contributed by atoms with Gasteiger partial charge in [0.1, 0.15) is 18.1 Å². The first kappa shape index (κ1) is 27.6. The van der Waals surface area contributed by atoms with Crippen LogP contribution in [-0.2, 0) is 29.9 Å². The molecule has 0 saturated carbocycles. The largest absolute Gasteiger partial charge is 0.364 e. The van der Waals surface area contributed by atoms with E-state index in [9.17, 15) is 14.0 Å². The van der Waals surface area contributed by atoms with E-state index in [-0.39, 0.29) is 17.9 Å². The predicted octanol–water partition coefficient (Wildman–Crippen LogP) is 3.31. The number of aromatic nitrogens is 4. The molecule has 13 nitrogen and oxygen atoms in total. The first-order chi connectivity index (χ1) is 17.8. The van der Waals surface area contributed by atoms with Crippen LogP contribution in [-0.4, -0.2) is 70.4 Å². The summed E-state index contributed by atoms with van der Waals surface area (Å²) in [6.07, 6.45) is -1.45. The summed E-state index contributed by atoms with van der Waals surface area (Å²) in [5.41, 5.74) is 1.90. The van der Waals surface area contributed by atoms with E-state index in [1.54, 1.807) is 18.4 Å². The lowest BCUT2D eigenvalue weighted by Gasteiger charge is -2.25. The summed E-state index contributed by atoms with van der Waals surface area (Å²) in [5.74, 6) is -1.60. The van der Waals surface area contributed by atoms with Gasteiger partial charge in [0.05, 0.1) is 12.4 Å². The highest BCUT2D eigenvalue weighted by molar-refractivity contribution is 7.72. The summed E-state index contributed by atoms with van der Waals surface area (Å²) in [6.45, 7) is 3.99. The molecule has 2 aliphatic rings. The quantitative estimate of drug-likeness (QED) is 0.212. The Balaban J connectivity index is 1.40. The minimum Gasteiger partial charge on any atom is -0.364 e. The summed E-state index contributed by atoms with van der Waals surface area (Å²) in [5, 5.41) is 3.24. The molecule has 0 aliphatic carbocycles. The summed E-state index contributed by atoms with van der Waals surface area (Å²) >= 11 is 6.26.